The van der Waals surface area contributed by atoms with Gasteiger partial charge in [0.25, 0.3) is 0 Å². The first-order valence-electron chi connectivity index (χ1n) is 9.87. The van der Waals surface area contributed by atoms with Crippen LogP contribution < -0.4 is 10.2 Å². The van der Waals surface area contributed by atoms with Gasteiger partial charge in [0.1, 0.15) is 12.1 Å². The van der Waals surface area contributed by atoms with E-state index in [1.54, 1.807) is 4.52 Å². The number of rotatable bonds is 5. The summed E-state index contributed by atoms with van der Waals surface area (Å²) in [4.78, 5) is 14.6. The van der Waals surface area contributed by atoms with Gasteiger partial charge in [0, 0.05) is 25.6 Å². The second-order valence-corrected chi connectivity index (χ2v) is 7.43. The summed E-state index contributed by atoms with van der Waals surface area (Å²) in [5.74, 6) is 0.204. The Morgan fingerprint density at radius 1 is 1.19 bits per heavy atom. The number of aliphatic hydroxyl groups excluding tert-OH is 1. The summed E-state index contributed by atoms with van der Waals surface area (Å²) < 4.78 is 41.0. The van der Waals surface area contributed by atoms with Crippen molar-refractivity contribution in [2.45, 2.75) is 25.1 Å². The number of alkyl halides is 3. The first-order valence-corrected chi connectivity index (χ1v) is 9.87. The van der Waals surface area contributed by atoms with Gasteiger partial charge in [-0.15, -0.1) is 15.3 Å². The molecule has 1 amide bonds. The number of hydrogen-bond donors (Lipinski definition) is 2. The largest absolute Gasteiger partial charge is 0.416 e. The first kappa shape index (κ1) is 21.0. The third-order valence-electron chi connectivity index (χ3n) is 5.43. The number of nitrogens with zero attached hydrogens (tertiary/aromatic N) is 5. The normalized spacial score (nSPS) is 16.5. The molecule has 1 aromatic carbocycles. The topological polar surface area (TPSA) is 95.7 Å². The van der Waals surface area contributed by atoms with Crippen LogP contribution in [0, 0.1) is 5.92 Å². The second-order valence-electron chi connectivity index (χ2n) is 7.43. The zero-order valence-electron chi connectivity index (χ0n) is 16.5. The number of benzene rings is 1. The summed E-state index contributed by atoms with van der Waals surface area (Å²) in [7, 11) is 0. The molecule has 4 rings (SSSR count). The Morgan fingerprint density at radius 2 is 1.94 bits per heavy atom. The standard InChI is InChI=1S/C20H21F3N6O2/c21-20(22,23)15-4-2-1-3-14(15)16(30)11-24-19(31)13-7-9-28(10-8-13)18-6-5-17-26-25-12-29(17)27-18/h1-6,12-13,16,30H,7-11H2,(H,24,31). The highest BCUT2D eigenvalue weighted by Gasteiger charge is 2.35. The van der Waals surface area contributed by atoms with Crippen molar-refractivity contribution in [1.82, 2.24) is 25.1 Å². The molecule has 1 unspecified atom stereocenters. The van der Waals surface area contributed by atoms with Gasteiger partial charge >= 0.3 is 6.18 Å². The van der Waals surface area contributed by atoms with E-state index in [0.717, 1.165) is 11.9 Å². The van der Waals surface area contributed by atoms with E-state index in [1.165, 1.54) is 24.5 Å². The minimum absolute atomic E-state index is 0.249. The average molecular weight is 434 g/mol. The molecule has 2 aromatic heterocycles. The van der Waals surface area contributed by atoms with Crippen molar-refractivity contribution in [3.05, 3.63) is 53.9 Å². The van der Waals surface area contributed by atoms with Gasteiger partial charge in [0.2, 0.25) is 5.91 Å². The van der Waals surface area contributed by atoms with Crippen molar-refractivity contribution >= 4 is 17.4 Å². The number of anilines is 1. The lowest BCUT2D eigenvalue weighted by Gasteiger charge is -2.32. The number of carbonyl (C=O) groups is 1. The van der Waals surface area contributed by atoms with Gasteiger partial charge < -0.3 is 15.3 Å². The van der Waals surface area contributed by atoms with Crippen molar-refractivity contribution in [2.24, 2.45) is 5.92 Å². The molecular weight excluding hydrogens is 413 g/mol. The van der Waals surface area contributed by atoms with E-state index in [1.807, 2.05) is 12.1 Å². The Morgan fingerprint density at radius 3 is 2.68 bits per heavy atom. The summed E-state index contributed by atoms with van der Waals surface area (Å²) in [5, 5.41) is 25.0. The van der Waals surface area contributed by atoms with E-state index in [2.05, 4.69) is 25.5 Å². The van der Waals surface area contributed by atoms with Crippen LogP contribution in [-0.2, 0) is 11.0 Å². The number of halogens is 3. The molecular formula is C20H21F3N6O2. The highest BCUT2D eigenvalue weighted by atomic mass is 19.4. The number of carbonyl (C=O) groups excluding carboxylic acids is 1. The van der Waals surface area contributed by atoms with Gasteiger partial charge in [-0.3, -0.25) is 4.79 Å². The molecule has 0 saturated carbocycles. The van der Waals surface area contributed by atoms with Gasteiger partial charge in [0.15, 0.2) is 5.65 Å². The molecule has 8 nitrogen and oxygen atoms in total. The van der Waals surface area contributed by atoms with Gasteiger partial charge in [-0.05, 0) is 36.6 Å². The van der Waals surface area contributed by atoms with E-state index in [-0.39, 0.29) is 23.9 Å². The third kappa shape index (κ3) is 4.61. The molecule has 3 aromatic rings. The number of fused-ring (bicyclic) bond motifs is 1. The smallest absolute Gasteiger partial charge is 0.387 e. The molecule has 0 radical (unpaired) electrons. The summed E-state index contributed by atoms with van der Waals surface area (Å²) in [5.41, 5.74) is -0.508. The van der Waals surface area contributed by atoms with Gasteiger partial charge in [-0.1, -0.05) is 18.2 Å². The van der Waals surface area contributed by atoms with Crippen molar-refractivity contribution in [3.63, 3.8) is 0 Å². The Kier molecular flexibility index (Phi) is 5.77. The Balaban J connectivity index is 1.31. The highest BCUT2D eigenvalue weighted by Crippen LogP contribution is 2.34. The fraction of sp³-hybridized carbons (Fsp3) is 0.400. The zero-order chi connectivity index (χ0) is 22.0. The molecule has 31 heavy (non-hydrogen) atoms. The molecule has 11 heteroatoms. The van der Waals surface area contributed by atoms with E-state index in [4.69, 9.17) is 0 Å². The number of aliphatic hydroxyl groups is 1. The summed E-state index contributed by atoms with van der Waals surface area (Å²) in [6.07, 6.45) is -3.35. The van der Waals surface area contributed by atoms with Crippen LogP contribution in [0.5, 0.6) is 0 Å². The van der Waals surface area contributed by atoms with E-state index < -0.39 is 17.8 Å². The molecule has 3 heterocycles. The van der Waals surface area contributed by atoms with Crippen LogP contribution in [0.2, 0.25) is 0 Å². The Bertz CT molecular complexity index is 1060. The predicted octanol–water partition coefficient (Wildman–Crippen LogP) is 2.21. The van der Waals surface area contributed by atoms with Crippen LogP contribution in [0.15, 0.2) is 42.7 Å². The van der Waals surface area contributed by atoms with E-state index in [9.17, 15) is 23.1 Å². The monoisotopic (exact) mass is 434 g/mol. The molecule has 0 aliphatic carbocycles. The molecule has 1 aliphatic rings. The molecule has 2 N–H and O–H groups in total. The summed E-state index contributed by atoms with van der Waals surface area (Å²) >= 11 is 0. The Hall–Kier alpha value is -3.21. The van der Waals surface area contributed by atoms with Crippen LogP contribution in [0.3, 0.4) is 0 Å². The SMILES string of the molecule is O=C(NCC(O)c1ccccc1C(F)(F)F)C1CCN(c2ccc3nncn3n2)CC1. The van der Waals surface area contributed by atoms with E-state index in [0.29, 0.717) is 31.6 Å². The molecule has 164 valence electrons. The maximum Gasteiger partial charge on any atom is 0.416 e. The van der Waals surface area contributed by atoms with Gasteiger partial charge in [0.05, 0.1) is 11.7 Å². The van der Waals surface area contributed by atoms with Crippen molar-refractivity contribution in [2.75, 3.05) is 24.5 Å². The number of aromatic nitrogens is 4. The molecule has 1 atom stereocenters. The van der Waals surface area contributed by atoms with Crippen molar-refractivity contribution in [1.29, 1.82) is 0 Å². The Labute approximate surface area is 175 Å². The maximum atomic E-state index is 13.1. The fourth-order valence-electron chi connectivity index (χ4n) is 3.76. The molecule has 1 aliphatic heterocycles. The summed E-state index contributed by atoms with van der Waals surface area (Å²) in [6, 6.07) is 8.49. The second kappa shape index (κ2) is 8.50. The fourth-order valence-corrected chi connectivity index (χ4v) is 3.76. The quantitative estimate of drug-likeness (QED) is 0.639. The van der Waals surface area contributed by atoms with Crippen molar-refractivity contribution < 1.29 is 23.1 Å². The van der Waals surface area contributed by atoms with E-state index >= 15 is 0 Å². The number of hydrogen-bond acceptors (Lipinski definition) is 6. The number of nitrogens with one attached hydrogen (secondary N) is 1. The molecule has 0 bridgehead atoms. The lowest BCUT2D eigenvalue weighted by atomic mass is 9.95. The first-order chi connectivity index (χ1) is 14.8. The molecule has 1 fully saturated rings. The molecule has 0 spiro atoms. The van der Waals surface area contributed by atoms with Gasteiger partial charge in [-0.2, -0.15) is 17.7 Å². The highest BCUT2D eigenvalue weighted by molar-refractivity contribution is 5.79. The minimum Gasteiger partial charge on any atom is -0.387 e. The van der Waals surface area contributed by atoms with Crippen LogP contribution in [-0.4, -0.2) is 50.5 Å². The van der Waals surface area contributed by atoms with Gasteiger partial charge in [-0.25, -0.2) is 0 Å². The number of piperidine rings is 1. The van der Waals surface area contributed by atoms with Crippen LogP contribution in [0.4, 0.5) is 19.0 Å². The third-order valence-corrected chi connectivity index (χ3v) is 5.43. The minimum atomic E-state index is -4.57. The van der Waals surface area contributed by atoms with Crippen molar-refractivity contribution in [3.8, 4) is 0 Å². The predicted molar refractivity (Wildman–Crippen MR) is 105 cm³/mol. The lowest BCUT2D eigenvalue weighted by Crippen LogP contribution is -2.42. The lowest BCUT2D eigenvalue weighted by molar-refractivity contribution is -0.139. The maximum absolute atomic E-state index is 13.1. The average Bonchev–Trinajstić information content (AvgIpc) is 3.24. The molecule has 1 saturated heterocycles. The van der Waals surface area contributed by atoms with Crippen LogP contribution in [0.25, 0.3) is 5.65 Å². The van der Waals surface area contributed by atoms with Crippen LogP contribution in [0.1, 0.15) is 30.1 Å². The zero-order valence-corrected chi connectivity index (χ0v) is 16.5. The summed E-state index contributed by atoms with van der Waals surface area (Å²) in [6.45, 7) is 0.939. The number of amides is 1. The van der Waals surface area contributed by atoms with Crippen LogP contribution >= 0.6 is 0 Å².